The van der Waals surface area contributed by atoms with Gasteiger partial charge in [0, 0.05) is 29.6 Å². The van der Waals surface area contributed by atoms with Crippen LogP contribution in [0.2, 0.25) is 0 Å². The Kier molecular flexibility index (Phi) is 5.20. The number of imidazole rings is 1. The molecule has 0 N–H and O–H groups in total. The molecule has 0 radical (unpaired) electrons. The molecule has 3 saturated carbocycles. The molecule has 194 valence electrons. The Morgan fingerprint density at radius 1 is 1.14 bits per heavy atom. The first kappa shape index (κ1) is 23.9. The van der Waals surface area contributed by atoms with Crippen LogP contribution in [0, 0.1) is 24.1 Å². The topological polar surface area (TPSA) is 66.1 Å². The van der Waals surface area contributed by atoms with E-state index < -0.39 is 22.8 Å². The molecule has 0 amide bonds. The van der Waals surface area contributed by atoms with E-state index in [-0.39, 0.29) is 43.1 Å². The minimum Gasteiger partial charge on any atom is -0.493 e. The Morgan fingerprint density at radius 2 is 1.89 bits per heavy atom. The van der Waals surface area contributed by atoms with E-state index in [9.17, 15) is 27.2 Å². The van der Waals surface area contributed by atoms with Gasteiger partial charge < -0.3 is 13.9 Å². The van der Waals surface area contributed by atoms with E-state index in [2.05, 4.69) is 4.98 Å². The van der Waals surface area contributed by atoms with Crippen molar-refractivity contribution >= 4 is 5.78 Å². The van der Waals surface area contributed by atoms with Crippen molar-refractivity contribution in [1.29, 1.82) is 0 Å². The van der Waals surface area contributed by atoms with Gasteiger partial charge in [-0.05, 0) is 69.4 Å². The number of ketones is 1. The number of Topliss-reactive ketones (excluding diaryl/α,β-unsaturated/α-hetero) is 1. The lowest BCUT2D eigenvalue weighted by Gasteiger charge is -2.70. The number of halogens is 4. The standard InChI is InChI=1S/C27H25F4N3O3/c1-16-11-33(15-32-16)21-4-3-20-23(35)17(6-8-34(20)24(21)36)7-9-37-22-5-2-18(28)10-19(22)25-12-26(13-25,14-25)27(29,30)31/h2-5,10-11,15,17H,6-9,12-14H2,1H3. The summed E-state index contributed by atoms with van der Waals surface area (Å²) in [4.78, 5) is 30.3. The number of ether oxygens (including phenoxy) is 1. The maximum absolute atomic E-state index is 14.0. The molecule has 37 heavy (non-hydrogen) atoms. The molecule has 2 aromatic heterocycles. The van der Waals surface area contributed by atoms with Crippen LogP contribution in [0.5, 0.6) is 5.75 Å². The molecule has 2 bridgehead atoms. The first-order valence-corrected chi connectivity index (χ1v) is 12.3. The molecule has 1 aromatic carbocycles. The van der Waals surface area contributed by atoms with Crippen molar-refractivity contribution in [2.45, 2.75) is 57.2 Å². The van der Waals surface area contributed by atoms with E-state index in [0.29, 0.717) is 42.1 Å². The van der Waals surface area contributed by atoms with Gasteiger partial charge in [0.15, 0.2) is 5.78 Å². The SMILES string of the molecule is Cc1cn(-c2ccc3n(c2=O)CCC(CCOc2ccc(F)cc2C24CC(C(F)(F)F)(C2)C4)C3=O)cn1. The Labute approximate surface area is 209 Å². The van der Waals surface area contributed by atoms with Crippen LogP contribution in [0.1, 0.15) is 53.8 Å². The second-order valence-corrected chi connectivity index (χ2v) is 10.7. The zero-order valence-electron chi connectivity index (χ0n) is 20.1. The van der Waals surface area contributed by atoms with Crippen LogP contribution >= 0.6 is 0 Å². The zero-order valence-corrected chi connectivity index (χ0v) is 20.1. The minimum atomic E-state index is -4.25. The third-order valence-electron chi connectivity index (χ3n) is 8.34. The van der Waals surface area contributed by atoms with Gasteiger partial charge in [-0.15, -0.1) is 0 Å². The van der Waals surface area contributed by atoms with Crippen LogP contribution in [0.3, 0.4) is 0 Å². The monoisotopic (exact) mass is 515 g/mol. The van der Waals surface area contributed by atoms with Crippen molar-refractivity contribution in [1.82, 2.24) is 14.1 Å². The Balaban J connectivity index is 1.14. The van der Waals surface area contributed by atoms with Gasteiger partial charge in [0.1, 0.15) is 17.3 Å². The van der Waals surface area contributed by atoms with Crippen molar-refractivity contribution in [3.8, 4) is 11.4 Å². The number of benzene rings is 1. The molecule has 6 nitrogen and oxygen atoms in total. The summed E-state index contributed by atoms with van der Waals surface area (Å²) in [5.41, 5.74) is -0.584. The smallest absolute Gasteiger partial charge is 0.394 e. The van der Waals surface area contributed by atoms with E-state index in [1.165, 1.54) is 22.8 Å². The second-order valence-electron chi connectivity index (χ2n) is 10.7. The van der Waals surface area contributed by atoms with E-state index in [4.69, 9.17) is 4.74 Å². The fraction of sp³-hybridized carbons (Fsp3) is 0.444. The Bertz CT molecular complexity index is 1450. The average Bonchev–Trinajstić information content (AvgIpc) is 3.20. The molecule has 1 aliphatic heterocycles. The largest absolute Gasteiger partial charge is 0.493 e. The van der Waals surface area contributed by atoms with Gasteiger partial charge in [0.05, 0.1) is 29.7 Å². The molecule has 10 heteroatoms. The fourth-order valence-corrected chi connectivity index (χ4v) is 6.38. The summed E-state index contributed by atoms with van der Waals surface area (Å²) in [6, 6.07) is 7.25. The van der Waals surface area contributed by atoms with Crippen molar-refractivity contribution in [3.63, 3.8) is 0 Å². The van der Waals surface area contributed by atoms with Crippen LogP contribution in [0.15, 0.2) is 47.7 Å². The summed E-state index contributed by atoms with van der Waals surface area (Å²) in [6.45, 7) is 2.37. The van der Waals surface area contributed by atoms with E-state index in [0.717, 1.165) is 5.69 Å². The number of hydrogen-bond donors (Lipinski definition) is 0. The van der Waals surface area contributed by atoms with Gasteiger partial charge >= 0.3 is 6.18 Å². The minimum absolute atomic E-state index is 0.0450. The van der Waals surface area contributed by atoms with Crippen LogP contribution in [0.4, 0.5) is 17.6 Å². The molecule has 3 fully saturated rings. The molecule has 0 saturated heterocycles. The Hall–Kier alpha value is -3.43. The summed E-state index contributed by atoms with van der Waals surface area (Å²) in [6.07, 6.45) is -0.232. The van der Waals surface area contributed by atoms with Crippen LogP contribution in [-0.2, 0) is 12.0 Å². The number of rotatable bonds is 6. The van der Waals surface area contributed by atoms with Gasteiger partial charge in [-0.2, -0.15) is 13.2 Å². The third kappa shape index (κ3) is 3.63. The summed E-state index contributed by atoms with van der Waals surface area (Å²) < 4.78 is 63.0. The summed E-state index contributed by atoms with van der Waals surface area (Å²) in [7, 11) is 0. The number of carbonyl (C=O) groups excluding carboxylic acids is 1. The van der Waals surface area contributed by atoms with Crippen molar-refractivity contribution in [2.75, 3.05) is 6.61 Å². The molecule has 3 aliphatic carbocycles. The molecule has 7 rings (SSSR count). The van der Waals surface area contributed by atoms with Crippen molar-refractivity contribution in [3.05, 3.63) is 76.0 Å². The molecular formula is C27H25F4N3O3. The summed E-state index contributed by atoms with van der Waals surface area (Å²) in [5, 5.41) is 0. The predicted molar refractivity (Wildman–Crippen MR) is 126 cm³/mol. The molecule has 0 spiro atoms. The number of pyridine rings is 1. The number of aryl methyl sites for hydroxylation is 1. The summed E-state index contributed by atoms with van der Waals surface area (Å²) >= 11 is 0. The first-order chi connectivity index (χ1) is 17.5. The molecule has 4 aliphatic rings. The van der Waals surface area contributed by atoms with Gasteiger partial charge in [0.25, 0.3) is 5.56 Å². The second kappa shape index (κ2) is 8.03. The lowest BCUT2D eigenvalue weighted by molar-refractivity contribution is -0.337. The third-order valence-corrected chi connectivity index (χ3v) is 8.34. The highest BCUT2D eigenvalue weighted by atomic mass is 19.4. The predicted octanol–water partition coefficient (Wildman–Crippen LogP) is 5.14. The van der Waals surface area contributed by atoms with Crippen LogP contribution in [0.25, 0.3) is 5.69 Å². The Morgan fingerprint density at radius 3 is 2.57 bits per heavy atom. The highest BCUT2D eigenvalue weighted by Gasteiger charge is 2.79. The molecule has 3 aromatic rings. The van der Waals surface area contributed by atoms with Crippen molar-refractivity contribution in [2.24, 2.45) is 11.3 Å². The summed E-state index contributed by atoms with van der Waals surface area (Å²) in [5.74, 6) is -0.640. The number of carbonyl (C=O) groups is 1. The number of nitrogens with zero attached hydrogens (tertiary/aromatic N) is 3. The number of alkyl halides is 3. The van der Waals surface area contributed by atoms with E-state index in [1.54, 1.807) is 29.2 Å². The molecule has 3 heterocycles. The van der Waals surface area contributed by atoms with Gasteiger partial charge in [0.2, 0.25) is 0 Å². The van der Waals surface area contributed by atoms with Gasteiger partial charge in [-0.25, -0.2) is 9.37 Å². The average molecular weight is 516 g/mol. The number of hydrogen-bond acceptors (Lipinski definition) is 4. The van der Waals surface area contributed by atoms with Crippen molar-refractivity contribution < 1.29 is 27.1 Å². The zero-order chi connectivity index (χ0) is 26.2. The quantitative estimate of drug-likeness (QED) is 0.427. The molecule has 1 atom stereocenters. The van der Waals surface area contributed by atoms with Gasteiger partial charge in [-0.1, -0.05) is 0 Å². The lowest BCUT2D eigenvalue weighted by Crippen LogP contribution is -2.70. The van der Waals surface area contributed by atoms with E-state index in [1.807, 2.05) is 6.92 Å². The number of aromatic nitrogens is 3. The molecular weight excluding hydrogens is 490 g/mol. The normalized spacial score (nSPS) is 26.3. The van der Waals surface area contributed by atoms with Gasteiger partial charge in [-0.3, -0.25) is 9.59 Å². The van der Waals surface area contributed by atoms with E-state index >= 15 is 0 Å². The lowest BCUT2D eigenvalue weighted by atomic mass is 9.33. The maximum Gasteiger partial charge on any atom is 0.394 e. The first-order valence-electron chi connectivity index (χ1n) is 12.3. The van der Waals surface area contributed by atoms with Crippen LogP contribution < -0.4 is 10.3 Å². The maximum atomic E-state index is 14.0. The fourth-order valence-electron chi connectivity index (χ4n) is 6.38. The highest BCUT2D eigenvalue weighted by Crippen LogP contribution is 2.79. The van der Waals surface area contributed by atoms with Crippen LogP contribution in [-0.4, -0.2) is 32.7 Å². The highest BCUT2D eigenvalue weighted by molar-refractivity contribution is 5.97. The molecule has 1 unspecified atom stereocenters. The number of fused-ring (bicyclic) bond motifs is 1.